The maximum atomic E-state index is 9.45. The zero-order valence-electron chi connectivity index (χ0n) is 9.95. The van der Waals surface area contributed by atoms with E-state index >= 15 is 0 Å². The Morgan fingerprint density at radius 2 is 1.23 bits per heavy atom. The standard InChI is InChI=1S/C11H21NSi/c1-9(2)10(3,4)11(9,8-12)13(5,6)7/h1-7H3. The van der Waals surface area contributed by atoms with Crippen LogP contribution < -0.4 is 0 Å². The van der Waals surface area contributed by atoms with E-state index in [-0.39, 0.29) is 15.9 Å². The van der Waals surface area contributed by atoms with Crippen molar-refractivity contribution in [1.82, 2.24) is 0 Å². The van der Waals surface area contributed by atoms with Gasteiger partial charge in [0.05, 0.1) is 19.2 Å². The highest BCUT2D eigenvalue weighted by molar-refractivity contribution is 6.81. The predicted octanol–water partition coefficient (Wildman–Crippen LogP) is 3.65. The first-order chi connectivity index (χ1) is 5.56. The smallest absolute Gasteiger partial charge is 0.0693 e. The molecule has 1 fully saturated rings. The molecule has 0 unspecified atom stereocenters. The summed E-state index contributed by atoms with van der Waals surface area (Å²) in [7, 11) is -1.41. The molecule has 0 saturated heterocycles. The largest absolute Gasteiger partial charge is 0.198 e. The SMILES string of the molecule is CC1(C)C(C)(C)C1(C#N)[Si](C)(C)C. The Hall–Kier alpha value is -0.293. The van der Waals surface area contributed by atoms with Crippen LogP contribution in [-0.4, -0.2) is 8.07 Å². The lowest BCUT2D eigenvalue weighted by Crippen LogP contribution is -2.33. The first kappa shape index (κ1) is 10.8. The third-order valence-electron chi connectivity index (χ3n) is 4.67. The van der Waals surface area contributed by atoms with Crippen LogP contribution in [-0.2, 0) is 0 Å². The molecule has 0 heterocycles. The van der Waals surface area contributed by atoms with E-state index < -0.39 is 8.07 Å². The highest BCUT2D eigenvalue weighted by atomic mass is 28.3. The molecule has 0 aromatic heterocycles. The van der Waals surface area contributed by atoms with Crippen LogP contribution in [0.25, 0.3) is 0 Å². The van der Waals surface area contributed by atoms with E-state index in [1.54, 1.807) is 0 Å². The van der Waals surface area contributed by atoms with E-state index in [2.05, 4.69) is 53.4 Å². The van der Waals surface area contributed by atoms with Gasteiger partial charge in [0.15, 0.2) is 0 Å². The molecule has 13 heavy (non-hydrogen) atoms. The van der Waals surface area contributed by atoms with Crippen molar-refractivity contribution in [3.63, 3.8) is 0 Å². The molecule has 0 amide bonds. The number of hydrogen-bond donors (Lipinski definition) is 0. The van der Waals surface area contributed by atoms with Crippen molar-refractivity contribution in [2.24, 2.45) is 10.8 Å². The quantitative estimate of drug-likeness (QED) is 0.586. The third-order valence-corrected chi connectivity index (χ3v) is 8.28. The molecule has 0 aromatic carbocycles. The molecule has 2 heteroatoms. The third kappa shape index (κ3) is 0.819. The number of hydrogen-bond acceptors (Lipinski definition) is 1. The number of rotatable bonds is 1. The monoisotopic (exact) mass is 195 g/mol. The zero-order valence-corrected chi connectivity index (χ0v) is 10.9. The van der Waals surface area contributed by atoms with Crippen molar-refractivity contribution in [2.75, 3.05) is 0 Å². The molecular weight excluding hydrogens is 174 g/mol. The second kappa shape index (κ2) is 2.20. The van der Waals surface area contributed by atoms with Crippen LogP contribution in [0.1, 0.15) is 27.7 Å². The molecule has 0 N–H and O–H groups in total. The summed E-state index contributed by atoms with van der Waals surface area (Å²) in [4.78, 5) is 0. The molecule has 0 spiro atoms. The summed E-state index contributed by atoms with van der Waals surface area (Å²) in [5, 5.41) is 9.41. The average molecular weight is 195 g/mol. The minimum Gasteiger partial charge on any atom is -0.198 e. The number of nitriles is 1. The predicted molar refractivity (Wildman–Crippen MR) is 59.2 cm³/mol. The van der Waals surface area contributed by atoms with E-state index in [0.29, 0.717) is 0 Å². The van der Waals surface area contributed by atoms with Crippen molar-refractivity contribution in [3.05, 3.63) is 0 Å². The molecule has 0 bridgehead atoms. The summed E-state index contributed by atoms with van der Waals surface area (Å²) in [6, 6.07) is 2.63. The van der Waals surface area contributed by atoms with Gasteiger partial charge in [-0.05, 0) is 10.8 Å². The van der Waals surface area contributed by atoms with Gasteiger partial charge in [-0.2, -0.15) is 5.26 Å². The fourth-order valence-electron chi connectivity index (χ4n) is 3.63. The molecule has 0 radical (unpaired) electrons. The minimum absolute atomic E-state index is 0.0347. The van der Waals surface area contributed by atoms with Crippen LogP contribution in [0.2, 0.25) is 24.7 Å². The topological polar surface area (TPSA) is 23.8 Å². The van der Waals surface area contributed by atoms with E-state index in [0.717, 1.165) is 0 Å². The van der Waals surface area contributed by atoms with E-state index in [1.807, 2.05) is 0 Å². The Labute approximate surface area is 83.2 Å². The van der Waals surface area contributed by atoms with E-state index in [4.69, 9.17) is 0 Å². The average Bonchev–Trinajstić information content (AvgIpc) is 2.18. The highest BCUT2D eigenvalue weighted by Crippen LogP contribution is 2.86. The van der Waals surface area contributed by atoms with Gasteiger partial charge in [-0.25, -0.2) is 0 Å². The fraction of sp³-hybridized carbons (Fsp3) is 0.909. The Kier molecular flexibility index (Phi) is 1.82. The molecule has 74 valence electrons. The number of nitrogens with zero attached hydrogens (tertiary/aromatic N) is 1. The van der Waals surface area contributed by atoms with Gasteiger partial charge in [0.25, 0.3) is 0 Å². The Morgan fingerprint density at radius 3 is 1.23 bits per heavy atom. The highest BCUT2D eigenvalue weighted by Gasteiger charge is 2.81. The normalized spacial score (nSPS) is 27.8. The second-order valence-corrected chi connectivity index (χ2v) is 11.6. The van der Waals surface area contributed by atoms with Gasteiger partial charge in [-0.1, -0.05) is 47.3 Å². The van der Waals surface area contributed by atoms with Crippen LogP contribution >= 0.6 is 0 Å². The first-order valence-corrected chi connectivity index (χ1v) is 8.47. The Morgan fingerprint density at radius 1 is 0.923 bits per heavy atom. The van der Waals surface area contributed by atoms with Gasteiger partial charge in [-0.3, -0.25) is 0 Å². The van der Waals surface area contributed by atoms with E-state index in [9.17, 15) is 5.26 Å². The summed E-state index contributed by atoms with van der Waals surface area (Å²) in [6.07, 6.45) is 0. The first-order valence-electron chi connectivity index (χ1n) is 4.97. The molecule has 1 aliphatic rings. The van der Waals surface area contributed by atoms with Gasteiger partial charge < -0.3 is 0 Å². The maximum absolute atomic E-state index is 9.45. The van der Waals surface area contributed by atoms with Crippen molar-refractivity contribution in [1.29, 1.82) is 5.26 Å². The summed E-state index contributed by atoms with van der Waals surface area (Å²) in [6.45, 7) is 15.9. The Balaban J connectivity index is 3.27. The van der Waals surface area contributed by atoms with Gasteiger partial charge in [0, 0.05) is 0 Å². The maximum Gasteiger partial charge on any atom is 0.0693 e. The van der Waals surface area contributed by atoms with Crippen LogP contribution in [0.15, 0.2) is 0 Å². The van der Waals surface area contributed by atoms with Gasteiger partial charge in [-0.15, -0.1) is 0 Å². The lowest BCUT2D eigenvalue weighted by atomic mass is 10.0. The summed E-state index contributed by atoms with van der Waals surface area (Å²) in [5.74, 6) is 0. The lowest BCUT2D eigenvalue weighted by Gasteiger charge is -2.27. The van der Waals surface area contributed by atoms with Crippen molar-refractivity contribution < 1.29 is 0 Å². The summed E-state index contributed by atoms with van der Waals surface area (Å²) >= 11 is 0. The fourth-order valence-corrected chi connectivity index (χ4v) is 8.28. The van der Waals surface area contributed by atoms with E-state index in [1.165, 1.54) is 0 Å². The second-order valence-electron chi connectivity index (χ2n) is 6.36. The molecule has 0 aliphatic heterocycles. The molecule has 1 nitrogen and oxygen atoms in total. The zero-order chi connectivity index (χ0) is 10.7. The van der Waals surface area contributed by atoms with Crippen LogP contribution in [0.5, 0.6) is 0 Å². The van der Waals surface area contributed by atoms with Crippen LogP contribution in [0, 0.1) is 22.2 Å². The van der Waals surface area contributed by atoms with Crippen molar-refractivity contribution in [2.45, 2.75) is 52.4 Å². The molecular formula is C11H21NSi. The van der Waals surface area contributed by atoms with Crippen molar-refractivity contribution >= 4 is 8.07 Å². The van der Waals surface area contributed by atoms with Crippen LogP contribution in [0.3, 0.4) is 0 Å². The molecule has 1 saturated carbocycles. The molecule has 1 aliphatic carbocycles. The molecule has 1 rings (SSSR count). The van der Waals surface area contributed by atoms with Gasteiger partial charge in [0.2, 0.25) is 0 Å². The molecule has 0 aromatic rings. The van der Waals surface area contributed by atoms with Gasteiger partial charge >= 0.3 is 0 Å². The lowest BCUT2D eigenvalue weighted by molar-refractivity contribution is 0.457. The summed E-state index contributed by atoms with van der Waals surface area (Å²) < 4.78 is 0. The minimum atomic E-state index is -1.41. The van der Waals surface area contributed by atoms with Crippen molar-refractivity contribution in [3.8, 4) is 6.07 Å². The van der Waals surface area contributed by atoms with Gasteiger partial charge in [0.1, 0.15) is 0 Å². The summed E-state index contributed by atoms with van der Waals surface area (Å²) in [5.41, 5.74) is 0.387. The van der Waals surface area contributed by atoms with Crippen LogP contribution in [0.4, 0.5) is 0 Å². The Bertz CT molecular complexity index is 261. The molecule has 0 atom stereocenters.